The van der Waals surface area contributed by atoms with Crippen molar-refractivity contribution in [1.29, 1.82) is 0 Å². The second kappa shape index (κ2) is 4.47. The van der Waals surface area contributed by atoms with Crippen molar-refractivity contribution < 1.29 is 14.7 Å². The van der Waals surface area contributed by atoms with Crippen molar-refractivity contribution in [2.24, 2.45) is 0 Å². The largest absolute Gasteiger partial charge is 0.480 e. The van der Waals surface area contributed by atoms with E-state index in [1.807, 2.05) is 24.4 Å². The molecule has 0 aromatic carbocycles. The van der Waals surface area contributed by atoms with Crippen LogP contribution in [0.2, 0.25) is 0 Å². The Morgan fingerprint density at radius 1 is 1.62 bits per heavy atom. The second-order valence-corrected chi connectivity index (χ2v) is 5.91. The van der Waals surface area contributed by atoms with Gasteiger partial charge >= 0.3 is 5.97 Å². The molecule has 2 heterocycles. The van der Waals surface area contributed by atoms with Gasteiger partial charge in [0.2, 0.25) is 5.91 Å². The average Bonchev–Trinajstić information content (AvgIpc) is 2.81. The fourth-order valence-corrected chi connectivity index (χ4v) is 3.86. The van der Waals surface area contributed by atoms with Crippen molar-refractivity contribution >= 4 is 35.0 Å². The molecule has 0 bridgehead atoms. The summed E-state index contributed by atoms with van der Waals surface area (Å²) in [5.41, 5.74) is 0. The quantitative estimate of drug-likeness (QED) is 0.897. The Bertz CT molecular complexity index is 404. The topological polar surface area (TPSA) is 57.6 Å². The summed E-state index contributed by atoms with van der Waals surface area (Å²) >= 11 is 3.05. The lowest BCUT2D eigenvalue weighted by molar-refractivity contribution is -0.144. The summed E-state index contributed by atoms with van der Waals surface area (Å²) in [6, 6.07) is 3.84. The van der Waals surface area contributed by atoms with Gasteiger partial charge in [-0.25, -0.2) is 0 Å². The van der Waals surface area contributed by atoms with E-state index < -0.39 is 5.97 Å². The third kappa shape index (κ3) is 2.08. The van der Waals surface area contributed by atoms with Crippen molar-refractivity contribution in [2.75, 3.05) is 6.54 Å². The Hall–Kier alpha value is -1.01. The molecule has 1 saturated heterocycles. The predicted molar refractivity (Wildman–Crippen MR) is 63.5 cm³/mol. The second-order valence-electron chi connectivity index (χ2n) is 3.51. The molecule has 0 spiro atoms. The first-order valence-electron chi connectivity index (χ1n) is 4.80. The number of hydrogen-bond donors (Lipinski definition) is 1. The van der Waals surface area contributed by atoms with Crippen LogP contribution in [0.4, 0.5) is 0 Å². The number of nitrogens with zero attached hydrogens (tertiary/aromatic N) is 1. The Kier molecular flexibility index (Phi) is 3.20. The summed E-state index contributed by atoms with van der Waals surface area (Å²) in [4.78, 5) is 25.0. The number of carbonyl (C=O) groups is 2. The third-order valence-corrected chi connectivity index (χ3v) is 4.79. The van der Waals surface area contributed by atoms with Crippen molar-refractivity contribution in [3.63, 3.8) is 0 Å². The maximum atomic E-state index is 11.8. The minimum Gasteiger partial charge on any atom is -0.480 e. The first-order chi connectivity index (χ1) is 7.59. The molecule has 0 unspecified atom stereocenters. The van der Waals surface area contributed by atoms with E-state index in [-0.39, 0.29) is 23.1 Å². The van der Waals surface area contributed by atoms with Gasteiger partial charge in [-0.15, -0.1) is 23.1 Å². The minimum atomic E-state index is -0.968. The number of hydrogen-bond acceptors (Lipinski definition) is 4. The highest BCUT2D eigenvalue weighted by Crippen LogP contribution is 2.44. The Balaban J connectivity index is 2.23. The molecule has 1 fully saturated rings. The predicted octanol–water partition coefficient (Wildman–Crippen LogP) is 1.80. The number of thioether (sulfide) groups is 1. The molecule has 1 aliphatic rings. The molecule has 1 aliphatic heterocycles. The summed E-state index contributed by atoms with van der Waals surface area (Å²) in [6.45, 7) is 1.59. The van der Waals surface area contributed by atoms with Crippen LogP contribution < -0.4 is 0 Å². The lowest BCUT2D eigenvalue weighted by Crippen LogP contribution is -2.34. The lowest BCUT2D eigenvalue weighted by atomic mass is 10.3. The SMILES string of the molecule is C[C@@H]1S[C@H](c2cccs2)N(CC(=O)O)C1=O. The smallest absolute Gasteiger partial charge is 0.323 e. The van der Waals surface area contributed by atoms with Gasteiger partial charge in [0.15, 0.2) is 0 Å². The number of carboxylic acid groups (broad SMARTS) is 1. The molecule has 0 aliphatic carbocycles. The van der Waals surface area contributed by atoms with Crippen LogP contribution in [-0.2, 0) is 9.59 Å². The van der Waals surface area contributed by atoms with Crippen LogP contribution >= 0.6 is 23.1 Å². The van der Waals surface area contributed by atoms with Gasteiger partial charge in [0, 0.05) is 4.88 Å². The van der Waals surface area contributed by atoms with Gasteiger partial charge in [0.25, 0.3) is 0 Å². The molecule has 86 valence electrons. The van der Waals surface area contributed by atoms with E-state index in [4.69, 9.17) is 5.11 Å². The van der Waals surface area contributed by atoms with Crippen LogP contribution in [0.5, 0.6) is 0 Å². The molecule has 4 nitrogen and oxygen atoms in total. The average molecular weight is 257 g/mol. The molecular formula is C10H11NO3S2. The summed E-state index contributed by atoms with van der Waals surface area (Å²) in [5.74, 6) is -1.06. The molecule has 2 atom stereocenters. The van der Waals surface area contributed by atoms with E-state index >= 15 is 0 Å². The van der Waals surface area contributed by atoms with Crippen LogP contribution in [0.25, 0.3) is 0 Å². The zero-order valence-corrected chi connectivity index (χ0v) is 10.3. The van der Waals surface area contributed by atoms with E-state index in [1.54, 1.807) is 11.3 Å². The fourth-order valence-electron chi connectivity index (χ4n) is 1.63. The monoisotopic (exact) mass is 257 g/mol. The first-order valence-corrected chi connectivity index (χ1v) is 6.63. The van der Waals surface area contributed by atoms with Gasteiger partial charge in [-0.2, -0.15) is 0 Å². The molecule has 6 heteroatoms. The minimum absolute atomic E-state index is 0.0919. The Morgan fingerprint density at radius 3 is 2.94 bits per heavy atom. The lowest BCUT2D eigenvalue weighted by Gasteiger charge is -2.20. The van der Waals surface area contributed by atoms with Gasteiger partial charge in [0.1, 0.15) is 11.9 Å². The summed E-state index contributed by atoms with van der Waals surface area (Å²) < 4.78 is 0. The standard InChI is InChI=1S/C10H11NO3S2/c1-6-9(14)11(5-8(12)13)10(16-6)7-3-2-4-15-7/h2-4,6,10H,5H2,1H3,(H,12,13)/t6-,10+/m0/s1. The van der Waals surface area contributed by atoms with Gasteiger partial charge in [-0.05, 0) is 18.4 Å². The first kappa shape index (κ1) is 11.5. The van der Waals surface area contributed by atoms with Crippen LogP contribution in [0.15, 0.2) is 17.5 Å². The molecule has 1 amide bonds. The highest BCUT2D eigenvalue weighted by Gasteiger charge is 2.39. The van der Waals surface area contributed by atoms with Crippen LogP contribution in [-0.4, -0.2) is 33.7 Å². The molecule has 1 aromatic heterocycles. The van der Waals surface area contributed by atoms with Crippen molar-refractivity contribution in [1.82, 2.24) is 4.90 Å². The highest BCUT2D eigenvalue weighted by molar-refractivity contribution is 8.01. The van der Waals surface area contributed by atoms with Crippen LogP contribution in [0.1, 0.15) is 17.2 Å². The molecule has 2 rings (SSSR count). The summed E-state index contributed by atoms with van der Waals surface area (Å²) in [6.07, 6.45) is 0. The molecular weight excluding hydrogens is 246 g/mol. The molecule has 0 radical (unpaired) electrons. The Labute approximate surface area is 101 Å². The number of thiophene rings is 1. The normalized spacial score (nSPS) is 25.1. The van der Waals surface area contributed by atoms with Gasteiger partial charge in [-0.3, -0.25) is 9.59 Å². The van der Waals surface area contributed by atoms with E-state index in [1.165, 1.54) is 16.7 Å². The summed E-state index contributed by atoms with van der Waals surface area (Å²) in [5, 5.41) is 10.4. The van der Waals surface area contributed by atoms with Crippen molar-refractivity contribution in [3.05, 3.63) is 22.4 Å². The van der Waals surface area contributed by atoms with Crippen molar-refractivity contribution in [2.45, 2.75) is 17.5 Å². The van der Waals surface area contributed by atoms with E-state index in [2.05, 4.69) is 0 Å². The molecule has 0 saturated carbocycles. The summed E-state index contributed by atoms with van der Waals surface area (Å²) in [7, 11) is 0. The number of rotatable bonds is 3. The van der Waals surface area contributed by atoms with E-state index in [9.17, 15) is 9.59 Å². The van der Waals surface area contributed by atoms with Gasteiger partial charge < -0.3 is 10.0 Å². The van der Waals surface area contributed by atoms with Crippen LogP contribution in [0.3, 0.4) is 0 Å². The zero-order valence-electron chi connectivity index (χ0n) is 8.62. The molecule has 1 N–H and O–H groups in total. The maximum Gasteiger partial charge on any atom is 0.323 e. The Morgan fingerprint density at radius 2 is 2.38 bits per heavy atom. The highest BCUT2D eigenvalue weighted by atomic mass is 32.2. The molecule has 16 heavy (non-hydrogen) atoms. The number of carboxylic acids is 1. The number of carbonyl (C=O) groups excluding carboxylic acids is 1. The van der Waals surface area contributed by atoms with Gasteiger partial charge in [0.05, 0.1) is 5.25 Å². The molecule has 1 aromatic rings. The number of amides is 1. The van der Waals surface area contributed by atoms with E-state index in [0.29, 0.717) is 0 Å². The maximum absolute atomic E-state index is 11.8. The number of aliphatic carboxylic acids is 1. The zero-order chi connectivity index (χ0) is 11.7. The van der Waals surface area contributed by atoms with Crippen LogP contribution in [0, 0.1) is 0 Å². The third-order valence-electron chi connectivity index (χ3n) is 2.34. The van der Waals surface area contributed by atoms with E-state index in [0.717, 1.165) is 4.88 Å². The van der Waals surface area contributed by atoms with Crippen molar-refractivity contribution in [3.8, 4) is 0 Å². The van der Waals surface area contributed by atoms with Gasteiger partial charge in [-0.1, -0.05) is 6.07 Å². The fraction of sp³-hybridized carbons (Fsp3) is 0.400.